The molecular weight excluding hydrogens is 388 g/mol. The van der Waals surface area contributed by atoms with Gasteiger partial charge in [-0.05, 0) is 75.0 Å². The van der Waals surface area contributed by atoms with Gasteiger partial charge in [-0.3, -0.25) is 4.79 Å². The van der Waals surface area contributed by atoms with Crippen LogP contribution >= 0.6 is 0 Å². The number of benzene rings is 1. The summed E-state index contributed by atoms with van der Waals surface area (Å²) >= 11 is 0. The van der Waals surface area contributed by atoms with Gasteiger partial charge in [0.25, 0.3) is 0 Å². The number of nitrogens with one attached hydrogen (secondary N) is 1. The largest absolute Gasteiger partial charge is 0.492 e. The number of piperidine rings is 1. The van der Waals surface area contributed by atoms with Crippen molar-refractivity contribution in [2.24, 2.45) is 17.8 Å². The summed E-state index contributed by atoms with van der Waals surface area (Å²) in [6.07, 6.45) is 8.35. The van der Waals surface area contributed by atoms with Gasteiger partial charge in [-0.25, -0.2) is 8.42 Å². The first kappa shape index (κ1) is 20.7. The van der Waals surface area contributed by atoms with Crippen molar-refractivity contribution in [1.29, 1.82) is 0 Å². The number of hydrogen-bond donors (Lipinski definition) is 1. The minimum Gasteiger partial charge on any atom is -0.492 e. The second kappa shape index (κ2) is 8.64. The number of amides is 1. The van der Waals surface area contributed by atoms with E-state index in [0.29, 0.717) is 49.4 Å². The van der Waals surface area contributed by atoms with Crippen LogP contribution in [0.2, 0.25) is 0 Å². The van der Waals surface area contributed by atoms with Gasteiger partial charge in [0.15, 0.2) is 0 Å². The van der Waals surface area contributed by atoms with Gasteiger partial charge < -0.3 is 10.1 Å². The molecular formula is C22H32N2O4S. The Balaban J connectivity index is 1.51. The van der Waals surface area contributed by atoms with Crippen molar-refractivity contribution in [3.8, 4) is 5.75 Å². The van der Waals surface area contributed by atoms with Crippen LogP contribution in [0.15, 0.2) is 23.1 Å². The van der Waals surface area contributed by atoms with Gasteiger partial charge in [-0.1, -0.05) is 12.8 Å². The van der Waals surface area contributed by atoms with Gasteiger partial charge in [0.1, 0.15) is 5.75 Å². The molecule has 1 aromatic carbocycles. The van der Waals surface area contributed by atoms with Crippen LogP contribution in [-0.2, 0) is 14.8 Å². The molecule has 3 atom stereocenters. The SMILES string of the molecule is CCOc1ccc(S(=O)(=O)N2CCCCC2)cc1NC(=O)C[C@H]1C[C@H]2CC[C@@H]1C2. The lowest BCUT2D eigenvalue weighted by Crippen LogP contribution is -2.35. The molecule has 4 rings (SSSR count). The fourth-order valence-corrected chi connectivity index (χ4v) is 6.91. The molecule has 0 unspecified atom stereocenters. The summed E-state index contributed by atoms with van der Waals surface area (Å²) in [4.78, 5) is 13.0. The molecule has 6 nitrogen and oxygen atoms in total. The van der Waals surface area contributed by atoms with Crippen LogP contribution in [0.3, 0.4) is 0 Å². The maximum atomic E-state index is 13.0. The van der Waals surface area contributed by atoms with Crippen molar-refractivity contribution in [3.63, 3.8) is 0 Å². The molecule has 3 aliphatic rings. The molecule has 29 heavy (non-hydrogen) atoms. The number of ether oxygens (including phenoxy) is 1. The molecule has 1 aliphatic heterocycles. The normalized spacial score (nSPS) is 27.1. The summed E-state index contributed by atoms with van der Waals surface area (Å²) < 4.78 is 33.3. The van der Waals surface area contributed by atoms with E-state index in [4.69, 9.17) is 4.74 Å². The van der Waals surface area contributed by atoms with Crippen molar-refractivity contribution in [2.45, 2.75) is 63.2 Å². The zero-order chi connectivity index (χ0) is 20.4. The Morgan fingerprint density at radius 1 is 1.17 bits per heavy atom. The predicted octanol–water partition coefficient (Wildman–Crippen LogP) is 4.02. The number of carbonyl (C=O) groups excluding carboxylic acids is 1. The van der Waals surface area contributed by atoms with E-state index in [1.807, 2.05) is 6.92 Å². The van der Waals surface area contributed by atoms with E-state index < -0.39 is 10.0 Å². The van der Waals surface area contributed by atoms with E-state index >= 15 is 0 Å². The molecule has 2 bridgehead atoms. The smallest absolute Gasteiger partial charge is 0.243 e. The molecule has 1 amide bonds. The number of hydrogen-bond acceptors (Lipinski definition) is 4. The van der Waals surface area contributed by atoms with Gasteiger partial charge in [0.05, 0.1) is 17.2 Å². The highest BCUT2D eigenvalue weighted by molar-refractivity contribution is 7.89. The van der Waals surface area contributed by atoms with E-state index in [1.54, 1.807) is 22.5 Å². The van der Waals surface area contributed by atoms with Crippen LogP contribution < -0.4 is 10.1 Å². The van der Waals surface area contributed by atoms with Crippen molar-refractivity contribution >= 4 is 21.6 Å². The van der Waals surface area contributed by atoms with Crippen LogP contribution in [-0.4, -0.2) is 38.3 Å². The van der Waals surface area contributed by atoms with Crippen molar-refractivity contribution in [1.82, 2.24) is 4.31 Å². The zero-order valence-electron chi connectivity index (χ0n) is 17.2. The summed E-state index contributed by atoms with van der Waals surface area (Å²) in [5.41, 5.74) is 0.457. The minimum absolute atomic E-state index is 0.0453. The van der Waals surface area contributed by atoms with Crippen LogP contribution in [0.5, 0.6) is 5.75 Å². The number of rotatable bonds is 7. The number of anilines is 1. The summed E-state index contributed by atoms with van der Waals surface area (Å²) in [7, 11) is -3.55. The van der Waals surface area contributed by atoms with E-state index in [2.05, 4.69) is 5.32 Å². The van der Waals surface area contributed by atoms with E-state index in [-0.39, 0.29) is 10.8 Å². The first-order valence-corrected chi connectivity index (χ1v) is 12.5. The lowest BCUT2D eigenvalue weighted by atomic mass is 9.86. The second-order valence-electron chi connectivity index (χ2n) is 8.74. The van der Waals surface area contributed by atoms with Crippen molar-refractivity contribution in [3.05, 3.63) is 18.2 Å². The molecule has 0 radical (unpaired) electrons. The Morgan fingerprint density at radius 3 is 2.62 bits per heavy atom. The number of fused-ring (bicyclic) bond motifs is 2. The average molecular weight is 421 g/mol. The Kier molecular flexibility index (Phi) is 6.16. The molecule has 160 valence electrons. The molecule has 2 aliphatic carbocycles. The van der Waals surface area contributed by atoms with Crippen LogP contribution in [0.4, 0.5) is 5.69 Å². The van der Waals surface area contributed by atoms with Gasteiger partial charge in [0, 0.05) is 19.5 Å². The van der Waals surface area contributed by atoms with Crippen molar-refractivity contribution in [2.75, 3.05) is 25.0 Å². The zero-order valence-corrected chi connectivity index (χ0v) is 18.0. The third-order valence-electron chi connectivity index (χ3n) is 6.81. The average Bonchev–Trinajstić information content (AvgIpc) is 3.33. The number of sulfonamides is 1. The topological polar surface area (TPSA) is 75.7 Å². The maximum Gasteiger partial charge on any atom is 0.243 e. The first-order valence-electron chi connectivity index (χ1n) is 11.0. The lowest BCUT2D eigenvalue weighted by Gasteiger charge is -2.26. The molecule has 1 heterocycles. The van der Waals surface area contributed by atoms with E-state index in [1.165, 1.54) is 19.3 Å². The fraction of sp³-hybridized carbons (Fsp3) is 0.682. The molecule has 3 fully saturated rings. The summed E-state index contributed by atoms with van der Waals surface area (Å²) in [5, 5.41) is 2.95. The predicted molar refractivity (Wildman–Crippen MR) is 112 cm³/mol. The molecule has 7 heteroatoms. The van der Waals surface area contributed by atoms with Gasteiger partial charge in [0.2, 0.25) is 15.9 Å². The highest BCUT2D eigenvalue weighted by Gasteiger charge is 2.40. The van der Waals surface area contributed by atoms with Gasteiger partial charge in [-0.15, -0.1) is 0 Å². The van der Waals surface area contributed by atoms with Crippen LogP contribution in [0, 0.1) is 17.8 Å². The monoisotopic (exact) mass is 420 g/mol. The molecule has 0 aromatic heterocycles. The Labute approximate surface area is 174 Å². The fourth-order valence-electron chi connectivity index (χ4n) is 5.37. The molecule has 1 N–H and O–H groups in total. The van der Waals surface area contributed by atoms with Crippen LogP contribution in [0.1, 0.15) is 58.3 Å². The molecule has 0 spiro atoms. The van der Waals surface area contributed by atoms with E-state index in [0.717, 1.165) is 31.6 Å². The standard InChI is InChI=1S/C22H32N2O4S/c1-2-28-21-9-8-19(29(26,27)24-10-4-3-5-11-24)15-20(21)23-22(25)14-18-13-16-6-7-17(18)12-16/h8-9,15-18H,2-7,10-14H2,1H3,(H,23,25)/t16-,17+,18+/m0/s1. The summed E-state index contributed by atoms with van der Waals surface area (Å²) in [5.74, 6) is 2.42. The maximum absolute atomic E-state index is 13.0. The Morgan fingerprint density at radius 2 is 1.97 bits per heavy atom. The van der Waals surface area contributed by atoms with Crippen molar-refractivity contribution < 1.29 is 17.9 Å². The second-order valence-corrected chi connectivity index (χ2v) is 10.7. The summed E-state index contributed by atoms with van der Waals surface area (Å²) in [6, 6.07) is 4.81. The first-order chi connectivity index (χ1) is 14.0. The highest BCUT2D eigenvalue weighted by Crippen LogP contribution is 2.49. The number of carbonyl (C=O) groups is 1. The number of nitrogens with zero attached hydrogens (tertiary/aromatic N) is 1. The van der Waals surface area contributed by atoms with E-state index in [9.17, 15) is 13.2 Å². The van der Waals surface area contributed by atoms with Gasteiger partial charge in [-0.2, -0.15) is 4.31 Å². The Hall–Kier alpha value is -1.60. The highest BCUT2D eigenvalue weighted by atomic mass is 32.2. The Bertz CT molecular complexity index is 848. The quantitative estimate of drug-likeness (QED) is 0.723. The summed E-state index contributed by atoms with van der Waals surface area (Å²) in [6.45, 7) is 3.44. The molecule has 2 saturated carbocycles. The minimum atomic E-state index is -3.55. The third kappa shape index (κ3) is 4.45. The van der Waals surface area contributed by atoms with Crippen LogP contribution in [0.25, 0.3) is 0 Å². The van der Waals surface area contributed by atoms with Gasteiger partial charge >= 0.3 is 0 Å². The third-order valence-corrected chi connectivity index (χ3v) is 8.70. The lowest BCUT2D eigenvalue weighted by molar-refractivity contribution is -0.117. The molecule has 1 aromatic rings. The molecule has 1 saturated heterocycles.